The van der Waals surface area contributed by atoms with Gasteiger partial charge in [0.2, 0.25) is 0 Å². The van der Waals surface area contributed by atoms with Crippen molar-refractivity contribution in [2.45, 2.75) is 62.9 Å². The van der Waals surface area contributed by atoms with Crippen LogP contribution in [-0.2, 0) is 19.6 Å². The molecule has 6 nitrogen and oxygen atoms in total. The SMILES string of the molecule is CC(C)(C)OC(=O)OC1CC2CC1C(C(F)(F)C(F)(F)S(=O)(=O)[O-])C2. The molecule has 2 aliphatic carbocycles. The van der Waals surface area contributed by atoms with Crippen molar-refractivity contribution in [2.24, 2.45) is 17.8 Å². The summed E-state index contributed by atoms with van der Waals surface area (Å²) >= 11 is 0. The maximum absolute atomic E-state index is 14.1. The molecule has 0 amide bonds. The van der Waals surface area contributed by atoms with Crippen molar-refractivity contribution < 1.29 is 44.8 Å². The van der Waals surface area contributed by atoms with Crippen LogP contribution in [-0.4, -0.2) is 42.0 Å². The molecule has 0 heterocycles. The Bertz CT molecular complexity index is 642. The summed E-state index contributed by atoms with van der Waals surface area (Å²) in [5.74, 6) is -8.71. The second-order valence-corrected chi connectivity index (χ2v) is 8.98. The Morgan fingerprint density at radius 2 is 1.64 bits per heavy atom. The molecule has 2 bridgehead atoms. The molecule has 2 saturated carbocycles. The lowest BCUT2D eigenvalue weighted by Gasteiger charge is -2.38. The fraction of sp³-hybridized carbons (Fsp3) is 0.929. The molecule has 11 heteroatoms. The van der Waals surface area contributed by atoms with Crippen LogP contribution in [0.1, 0.15) is 40.0 Å². The van der Waals surface area contributed by atoms with Crippen molar-refractivity contribution >= 4 is 16.3 Å². The Hall–Kier alpha value is -1.10. The fourth-order valence-corrected chi connectivity index (χ4v) is 4.10. The molecule has 0 radical (unpaired) electrons. The van der Waals surface area contributed by atoms with Crippen LogP contribution in [0.15, 0.2) is 0 Å². The van der Waals surface area contributed by atoms with E-state index in [4.69, 9.17) is 9.47 Å². The molecule has 146 valence electrons. The number of hydrogen-bond donors (Lipinski definition) is 0. The van der Waals surface area contributed by atoms with Crippen LogP contribution in [0.4, 0.5) is 22.4 Å². The Balaban J connectivity index is 2.16. The highest BCUT2D eigenvalue weighted by molar-refractivity contribution is 7.86. The zero-order valence-corrected chi connectivity index (χ0v) is 14.6. The molecular weight excluding hydrogens is 372 g/mol. The predicted octanol–water partition coefficient (Wildman–Crippen LogP) is 3.13. The van der Waals surface area contributed by atoms with Crippen LogP contribution in [0, 0.1) is 17.8 Å². The molecular formula is C14H19F4O6S-. The van der Waals surface area contributed by atoms with E-state index in [0.29, 0.717) is 0 Å². The van der Waals surface area contributed by atoms with Gasteiger partial charge < -0.3 is 14.0 Å². The third-order valence-corrected chi connectivity index (χ3v) is 5.46. The van der Waals surface area contributed by atoms with Crippen LogP contribution < -0.4 is 0 Å². The van der Waals surface area contributed by atoms with Gasteiger partial charge in [0, 0.05) is 11.8 Å². The molecule has 0 aromatic carbocycles. The van der Waals surface area contributed by atoms with Crippen molar-refractivity contribution in [2.75, 3.05) is 0 Å². The summed E-state index contributed by atoms with van der Waals surface area (Å²) in [6.07, 6.45) is -2.28. The molecule has 0 N–H and O–H groups in total. The molecule has 0 aromatic heterocycles. The molecule has 2 aliphatic rings. The first-order valence-electron chi connectivity index (χ1n) is 7.67. The van der Waals surface area contributed by atoms with E-state index in [1.807, 2.05) is 0 Å². The zero-order valence-electron chi connectivity index (χ0n) is 13.8. The summed E-state index contributed by atoms with van der Waals surface area (Å²) in [5.41, 5.74) is -0.887. The lowest BCUT2D eigenvalue weighted by atomic mass is 9.82. The number of ether oxygens (including phenoxy) is 2. The number of fused-ring (bicyclic) bond motifs is 2. The smallest absolute Gasteiger partial charge is 0.509 e. The Labute approximate surface area is 142 Å². The number of halogens is 4. The van der Waals surface area contributed by atoms with Gasteiger partial charge >= 0.3 is 17.3 Å². The fourth-order valence-electron chi connectivity index (χ4n) is 3.62. The summed E-state index contributed by atoms with van der Waals surface area (Å²) < 4.78 is 97.0. The van der Waals surface area contributed by atoms with Crippen LogP contribution in [0.25, 0.3) is 0 Å². The van der Waals surface area contributed by atoms with E-state index in [1.54, 1.807) is 20.8 Å². The van der Waals surface area contributed by atoms with Crippen molar-refractivity contribution in [3.63, 3.8) is 0 Å². The molecule has 0 saturated heterocycles. The van der Waals surface area contributed by atoms with Crippen molar-refractivity contribution in [3.8, 4) is 0 Å². The Morgan fingerprint density at radius 1 is 1.08 bits per heavy atom. The van der Waals surface area contributed by atoms with Crippen LogP contribution >= 0.6 is 0 Å². The molecule has 25 heavy (non-hydrogen) atoms. The van der Waals surface area contributed by atoms with Gasteiger partial charge in [-0.2, -0.15) is 17.6 Å². The lowest BCUT2D eigenvalue weighted by molar-refractivity contribution is -0.210. The number of alkyl halides is 4. The summed E-state index contributed by atoms with van der Waals surface area (Å²) in [4.78, 5) is 11.7. The molecule has 4 unspecified atom stereocenters. The monoisotopic (exact) mass is 391 g/mol. The zero-order chi connectivity index (χ0) is 19.4. The van der Waals surface area contributed by atoms with Gasteiger partial charge in [0.15, 0.2) is 10.1 Å². The predicted molar refractivity (Wildman–Crippen MR) is 75.0 cm³/mol. The molecule has 0 aromatic rings. The third kappa shape index (κ3) is 3.71. The second-order valence-electron chi connectivity index (χ2n) is 7.56. The summed E-state index contributed by atoms with van der Waals surface area (Å²) in [6, 6.07) is 0. The average Bonchev–Trinajstić information content (AvgIpc) is 2.94. The molecule has 4 atom stereocenters. The number of carbonyl (C=O) groups excluding carboxylic acids is 1. The minimum absolute atomic E-state index is 0.0860. The molecule has 2 fully saturated rings. The van der Waals surface area contributed by atoms with Gasteiger partial charge in [0.1, 0.15) is 11.7 Å². The highest BCUT2D eigenvalue weighted by atomic mass is 32.2. The quantitative estimate of drug-likeness (QED) is 0.415. The van der Waals surface area contributed by atoms with Crippen LogP contribution in [0.3, 0.4) is 0 Å². The van der Waals surface area contributed by atoms with Gasteiger partial charge in [0.25, 0.3) is 0 Å². The van der Waals surface area contributed by atoms with E-state index in [1.165, 1.54) is 0 Å². The highest BCUT2D eigenvalue weighted by Crippen LogP contribution is 2.58. The van der Waals surface area contributed by atoms with Crippen molar-refractivity contribution in [3.05, 3.63) is 0 Å². The van der Waals surface area contributed by atoms with E-state index in [-0.39, 0.29) is 19.3 Å². The largest absolute Gasteiger partial charge is 0.743 e. The van der Waals surface area contributed by atoms with Gasteiger partial charge in [-0.25, -0.2) is 13.2 Å². The third-order valence-electron chi connectivity index (χ3n) is 4.56. The summed E-state index contributed by atoms with van der Waals surface area (Å²) in [6.45, 7) is 4.68. The van der Waals surface area contributed by atoms with Gasteiger partial charge in [-0.05, 0) is 46.0 Å². The highest BCUT2D eigenvalue weighted by Gasteiger charge is 2.70. The number of rotatable bonds is 4. The Morgan fingerprint density at radius 3 is 2.08 bits per heavy atom. The van der Waals surface area contributed by atoms with E-state index in [0.717, 1.165) is 0 Å². The van der Waals surface area contributed by atoms with E-state index < -0.39 is 56.9 Å². The minimum Gasteiger partial charge on any atom is -0.743 e. The van der Waals surface area contributed by atoms with E-state index in [2.05, 4.69) is 0 Å². The first kappa shape index (κ1) is 20.2. The first-order chi connectivity index (χ1) is 11.1. The number of hydrogen-bond acceptors (Lipinski definition) is 6. The van der Waals surface area contributed by atoms with Gasteiger partial charge in [-0.3, -0.25) is 0 Å². The first-order valence-corrected chi connectivity index (χ1v) is 9.08. The molecule has 0 aliphatic heterocycles. The Kier molecular flexibility index (Phi) is 4.83. The minimum atomic E-state index is -6.54. The van der Waals surface area contributed by atoms with Gasteiger partial charge in [-0.1, -0.05) is 0 Å². The second kappa shape index (κ2) is 5.97. The van der Waals surface area contributed by atoms with Crippen LogP contribution in [0.5, 0.6) is 0 Å². The average molecular weight is 391 g/mol. The standard InChI is InChI=1S/C14H20F4O6S/c1-12(2,3)24-11(19)23-10-6-7-4-8(10)9(5-7)13(15,16)14(17,18)25(20,21)22/h7-10H,4-6H2,1-3H3,(H,20,21,22)/p-1. The normalized spacial score (nSPS) is 30.4. The molecule has 0 spiro atoms. The summed E-state index contributed by atoms with van der Waals surface area (Å²) in [7, 11) is -6.54. The van der Waals surface area contributed by atoms with E-state index in [9.17, 15) is 35.3 Å². The molecule has 2 rings (SSSR count). The number of carbonyl (C=O) groups is 1. The van der Waals surface area contributed by atoms with Gasteiger partial charge in [-0.15, -0.1) is 0 Å². The lowest BCUT2D eigenvalue weighted by Crippen LogP contribution is -2.54. The topological polar surface area (TPSA) is 92.7 Å². The summed E-state index contributed by atoms with van der Waals surface area (Å²) in [5, 5.41) is -5.73. The van der Waals surface area contributed by atoms with Crippen molar-refractivity contribution in [1.82, 2.24) is 0 Å². The van der Waals surface area contributed by atoms with Crippen molar-refractivity contribution in [1.29, 1.82) is 0 Å². The maximum Gasteiger partial charge on any atom is 0.509 e. The van der Waals surface area contributed by atoms with Gasteiger partial charge in [0.05, 0.1) is 0 Å². The maximum atomic E-state index is 14.1. The van der Waals surface area contributed by atoms with Crippen LogP contribution in [0.2, 0.25) is 0 Å². The van der Waals surface area contributed by atoms with E-state index >= 15 is 0 Å².